The van der Waals surface area contributed by atoms with Gasteiger partial charge in [0, 0.05) is 55.3 Å². The van der Waals surface area contributed by atoms with Gasteiger partial charge in [0.25, 0.3) is 0 Å². The van der Waals surface area contributed by atoms with Crippen LogP contribution < -0.4 is 9.64 Å². The second-order valence-corrected chi connectivity index (χ2v) is 14.0. The number of nitrogens with one attached hydrogen (secondary N) is 1. The summed E-state index contributed by atoms with van der Waals surface area (Å²) in [7, 11) is 0. The monoisotopic (exact) mass is 603 g/mol. The number of rotatable bonds is 8. The van der Waals surface area contributed by atoms with Crippen molar-refractivity contribution >= 4 is 27.6 Å². The fourth-order valence-corrected chi connectivity index (χ4v) is 7.44. The lowest BCUT2D eigenvalue weighted by atomic mass is 9.92. The van der Waals surface area contributed by atoms with Crippen molar-refractivity contribution in [2.45, 2.75) is 76.5 Å². The molecule has 0 radical (unpaired) electrons. The number of aromatic nitrogens is 5. The predicted octanol–water partition coefficient (Wildman–Crippen LogP) is 5.45. The van der Waals surface area contributed by atoms with E-state index in [1.807, 2.05) is 11.8 Å². The van der Waals surface area contributed by atoms with Crippen LogP contribution in [0.1, 0.15) is 68.9 Å². The average molecular weight is 604 g/mol. The van der Waals surface area contributed by atoms with Gasteiger partial charge in [-0.15, -0.1) is 0 Å². The lowest BCUT2D eigenvalue weighted by Crippen LogP contribution is -2.46. The SMILES string of the molecule is Cc1cc2[nH]ncc2c(-c2ncc3c(N4CCC[C@@](C)(O)C4)nc(OCC4(CN5CC[C@H](F)C5)CC4)nc3c2F)c1C1CC1. The largest absolute Gasteiger partial charge is 0.463 e. The number of H-pyrrole nitrogens is 1. The molecule has 2 saturated carbocycles. The normalized spacial score (nSPS) is 25.3. The van der Waals surface area contributed by atoms with Crippen LogP contribution in [0.4, 0.5) is 14.6 Å². The molecule has 2 aliphatic carbocycles. The fraction of sp³-hybridized carbons (Fsp3) is 0.576. The average Bonchev–Trinajstić information content (AvgIpc) is 3.89. The van der Waals surface area contributed by atoms with Crippen molar-refractivity contribution < 1.29 is 18.6 Å². The number of hydrogen-bond acceptors (Lipinski definition) is 8. The van der Waals surface area contributed by atoms with Crippen molar-refractivity contribution in [3.05, 3.63) is 35.4 Å². The van der Waals surface area contributed by atoms with E-state index < -0.39 is 17.6 Å². The number of β-amino-alcohol motifs (C(OH)–C–C–N with tert-alkyl or cyclic N) is 1. The molecule has 44 heavy (non-hydrogen) atoms. The maximum absolute atomic E-state index is 16.9. The van der Waals surface area contributed by atoms with E-state index in [1.54, 1.807) is 12.4 Å². The number of benzene rings is 1. The Kier molecular flexibility index (Phi) is 6.57. The Balaban J connectivity index is 1.22. The molecule has 0 unspecified atom stereocenters. The lowest BCUT2D eigenvalue weighted by molar-refractivity contribution is 0.0447. The number of fused-ring (bicyclic) bond motifs is 2. The van der Waals surface area contributed by atoms with Crippen molar-refractivity contribution in [1.82, 2.24) is 30.0 Å². The van der Waals surface area contributed by atoms with Gasteiger partial charge >= 0.3 is 6.01 Å². The molecule has 232 valence electrons. The Labute approximate surface area is 255 Å². The minimum Gasteiger partial charge on any atom is -0.463 e. The molecular weight excluding hydrogens is 564 g/mol. The summed E-state index contributed by atoms with van der Waals surface area (Å²) in [5.74, 6) is 0.379. The fourth-order valence-electron chi connectivity index (χ4n) is 7.44. The molecule has 2 aliphatic heterocycles. The third-order valence-electron chi connectivity index (χ3n) is 10.1. The van der Waals surface area contributed by atoms with Crippen LogP contribution in [0, 0.1) is 18.2 Å². The maximum atomic E-state index is 16.9. The highest BCUT2D eigenvalue weighted by Crippen LogP contribution is 2.49. The number of anilines is 1. The first-order valence-corrected chi connectivity index (χ1v) is 16.0. The molecule has 3 aromatic heterocycles. The van der Waals surface area contributed by atoms with E-state index in [9.17, 15) is 9.50 Å². The summed E-state index contributed by atoms with van der Waals surface area (Å²) < 4.78 is 37.0. The Hall–Kier alpha value is -3.44. The van der Waals surface area contributed by atoms with Crippen molar-refractivity contribution in [3.63, 3.8) is 0 Å². The summed E-state index contributed by atoms with van der Waals surface area (Å²) in [6.07, 6.45) is 8.83. The minimum absolute atomic E-state index is 0.0626. The number of likely N-dealkylation sites (tertiary alicyclic amines) is 1. The highest BCUT2D eigenvalue weighted by atomic mass is 19.1. The lowest BCUT2D eigenvalue weighted by Gasteiger charge is -2.37. The van der Waals surface area contributed by atoms with Crippen LogP contribution in [0.2, 0.25) is 0 Å². The van der Waals surface area contributed by atoms with Gasteiger partial charge in [0.1, 0.15) is 23.2 Å². The first kappa shape index (κ1) is 28.1. The van der Waals surface area contributed by atoms with Crippen LogP contribution in [0.3, 0.4) is 0 Å². The number of nitrogens with zero attached hydrogens (tertiary/aromatic N) is 6. The van der Waals surface area contributed by atoms with E-state index in [-0.39, 0.29) is 22.6 Å². The first-order chi connectivity index (χ1) is 21.2. The standard InChI is InChI=1S/C33H39F2N7O2/c1-19-12-24-22(14-37-40-24)26(25(19)20-4-5-20)29-27(35)28-23(13-36-29)30(42-10-3-7-32(2,43)16-42)39-31(38-28)44-18-33(8-9-33)17-41-11-6-21(34)15-41/h12-14,20-21,43H,3-11,15-18H2,1-2H3,(H,37,40)/t21-,32+/m0/s1. The summed E-state index contributed by atoms with van der Waals surface area (Å²) in [4.78, 5) is 18.4. The summed E-state index contributed by atoms with van der Waals surface area (Å²) in [5, 5.41) is 19.6. The molecule has 0 amide bonds. The van der Waals surface area contributed by atoms with Crippen molar-refractivity contribution in [3.8, 4) is 17.3 Å². The van der Waals surface area contributed by atoms with Gasteiger partial charge in [0.05, 0.1) is 29.3 Å². The van der Waals surface area contributed by atoms with Crippen LogP contribution in [0.5, 0.6) is 6.01 Å². The van der Waals surface area contributed by atoms with Gasteiger partial charge in [-0.25, -0.2) is 8.78 Å². The molecule has 8 rings (SSSR count). The smallest absolute Gasteiger partial charge is 0.319 e. The van der Waals surface area contributed by atoms with Crippen LogP contribution in [-0.2, 0) is 0 Å². The highest BCUT2D eigenvalue weighted by molar-refractivity contribution is 5.99. The van der Waals surface area contributed by atoms with Gasteiger partial charge in [-0.05, 0) is 81.9 Å². The second-order valence-electron chi connectivity index (χ2n) is 14.0. The number of pyridine rings is 1. The Bertz CT molecular complexity index is 1750. The zero-order chi connectivity index (χ0) is 30.2. The summed E-state index contributed by atoms with van der Waals surface area (Å²) in [6, 6.07) is 2.20. The van der Waals surface area contributed by atoms with Gasteiger partial charge in [0.2, 0.25) is 0 Å². The molecule has 4 aromatic rings. The third kappa shape index (κ3) is 5.07. The van der Waals surface area contributed by atoms with Crippen LogP contribution >= 0.6 is 0 Å². The maximum Gasteiger partial charge on any atom is 0.319 e. The molecule has 5 heterocycles. The Morgan fingerprint density at radius 2 is 1.95 bits per heavy atom. The molecule has 4 aliphatic rings. The molecule has 1 aromatic carbocycles. The Morgan fingerprint density at radius 1 is 1.11 bits per heavy atom. The third-order valence-corrected chi connectivity index (χ3v) is 10.1. The van der Waals surface area contributed by atoms with Crippen molar-refractivity contribution in [2.24, 2.45) is 5.41 Å². The van der Waals surface area contributed by atoms with Gasteiger partial charge in [-0.2, -0.15) is 15.1 Å². The van der Waals surface area contributed by atoms with Gasteiger partial charge in [-0.3, -0.25) is 15.0 Å². The van der Waals surface area contributed by atoms with Gasteiger partial charge < -0.3 is 14.7 Å². The summed E-state index contributed by atoms with van der Waals surface area (Å²) >= 11 is 0. The van der Waals surface area contributed by atoms with Gasteiger partial charge in [-0.1, -0.05) is 0 Å². The van der Waals surface area contributed by atoms with E-state index in [0.717, 1.165) is 72.8 Å². The molecule has 9 nitrogen and oxygen atoms in total. The number of aryl methyl sites for hydroxylation is 1. The van der Waals surface area contributed by atoms with E-state index >= 15 is 4.39 Å². The van der Waals surface area contributed by atoms with Crippen LogP contribution in [0.25, 0.3) is 33.1 Å². The number of piperidine rings is 1. The number of aliphatic hydroxyl groups is 1. The van der Waals surface area contributed by atoms with E-state index in [4.69, 9.17) is 14.7 Å². The van der Waals surface area contributed by atoms with Crippen molar-refractivity contribution in [2.75, 3.05) is 44.2 Å². The molecule has 11 heteroatoms. The van der Waals surface area contributed by atoms with E-state index in [0.29, 0.717) is 56.2 Å². The zero-order valence-electron chi connectivity index (χ0n) is 25.4. The Morgan fingerprint density at radius 3 is 2.68 bits per heavy atom. The van der Waals surface area contributed by atoms with Gasteiger partial charge in [0.15, 0.2) is 5.82 Å². The number of hydrogen-bond donors (Lipinski definition) is 2. The summed E-state index contributed by atoms with van der Waals surface area (Å²) in [6.45, 7) is 7.33. The van der Waals surface area contributed by atoms with E-state index in [1.165, 1.54) is 0 Å². The van der Waals surface area contributed by atoms with Crippen LogP contribution in [-0.4, -0.2) is 86.3 Å². The molecule has 2 saturated heterocycles. The number of halogens is 2. The molecule has 4 fully saturated rings. The van der Waals surface area contributed by atoms with Crippen LogP contribution in [0.15, 0.2) is 18.5 Å². The molecule has 2 atom stereocenters. The minimum atomic E-state index is -0.891. The molecule has 0 bridgehead atoms. The second kappa shape index (κ2) is 10.3. The van der Waals surface area contributed by atoms with E-state index in [2.05, 4.69) is 33.1 Å². The number of ether oxygens (including phenoxy) is 1. The topological polar surface area (TPSA) is 103 Å². The molecule has 2 N–H and O–H groups in total. The molecule has 0 spiro atoms. The number of alkyl halides is 1. The zero-order valence-corrected chi connectivity index (χ0v) is 25.4. The highest BCUT2D eigenvalue weighted by Gasteiger charge is 2.46. The predicted molar refractivity (Wildman–Crippen MR) is 164 cm³/mol. The summed E-state index contributed by atoms with van der Waals surface area (Å²) in [5.41, 5.74) is 3.29. The number of aromatic amines is 1. The first-order valence-electron chi connectivity index (χ1n) is 16.0. The quantitative estimate of drug-likeness (QED) is 0.274. The molecular formula is C33H39F2N7O2. The van der Waals surface area contributed by atoms with Crippen molar-refractivity contribution in [1.29, 1.82) is 0 Å².